The lowest BCUT2D eigenvalue weighted by molar-refractivity contribution is -0.129. The van der Waals surface area contributed by atoms with E-state index in [0.29, 0.717) is 24.3 Å². The van der Waals surface area contributed by atoms with Gasteiger partial charge in [0.1, 0.15) is 12.1 Å². The third-order valence-electron chi connectivity index (χ3n) is 6.34. The molecule has 1 aromatic heterocycles. The van der Waals surface area contributed by atoms with Crippen LogP contribution in [0.3, 0.4) is 0 Å². The molecule has 0 bridgehead atoms. The van der Waals surface area contributed by atoms with E-state index in [2.05, 4.69) is 0 Å². The fourth-order valence-corrected chi connectivity index (χ4v) is 5.95. The molecule has 0 amide bonds. The summed E-state index contributed by atoms with van der Waals surface area (Å²) in [5, 5.41) is 23.1. The van der Waals surface area contributed by atoms with E-state index in [9.17, 15) is 19.8 Å². The summed E-state index contributed by atoms with van der Waals surface area (Å²) < 4.78 is 1.09. The van der Waals surface area contributed by atoms with Gasteiger partial charge < -0.3 is 15.0 Å². The standard InChI is InChI=1S/C26H31ClO4S/c1-26(2)24(30)18(10-6-4-3-5-9-15-28)19(25(26)31)14-13-17(29)16-22-23(27)20-11-7-8-12-21(20)32-22/h4,6-8,11-15,17-19,25,29,31H,3,5,9-10,16H2,1-2H3/b6-4-,14-13+/t17?,18-,19-,25+/m1/s1. The molecular formula is C26H31ClO4S. The van der Waals surface area contributed by atoms with Gasteiger partial charge in [-0.3, -0.25) is 4.79 Å². The molecule has 2 N–H and O–H groups in total. The van der Waals surface area contributed by atoms with Crippen molar-refractivity contribution in [1.29, 1.82) is 0 Å². The van der Waals surface area contributed by atoms with E-state index in [1.165, 1.54) is 0 Å². The van der Waals surface area contributed by atoms with E-state index in [-0.39, 0.29) is 17.6 Å². The number of Topliss-reactive ketones (excluding diaryl/α,β-unsaturated/α-hetero) is 1. The number of hydrogen-bond donors (Lipinski definition) is 2. The summed E-state index contributed by atoms with van der Waals surface area (Å²) >= 11 is 8.07. The number of aliphatic hydroxyl groups excluding tert-OH is 2. The molecule has 1 unspecified atom stereocenters. The summed E-state index contributed by atoms with van der Waals surface area (Å²) in [4.78, 5) is 24.3. The van der Waals surface area contributed by atoms with Gasteiger partial charge in [0, 0.05) is 39.6 Å². The number of aldehydes is 1. The highest BCUT2D eigenvalue weighted by atomic mass is 35.5. The minimum absolute atomic E-state index is 0.0410. The first-order valence-corrected chi connectivity index (χ1v) is 12.3. The zero-order valence-electron chi connectivity index (χ0n) is 18.5. The van der Waals surface area contributed by atoms with Crippen molar-refractivity contribution in [3.8, 4) is 0 Å². The van der Waals surface area contributed by atoms with Crippen molar-refractivity contribution in [2.75, 3.05) is 0 Å². The van der Waals surface area contributed by atoms with E-state index < -0.39 is 17.6 Å². The Morgan fingerprint density at radius 3 is 2.69 bits per heavy atom. The summed E-state index contributed by atoms with van der Waals surface area (Å²) in [5.74, 6) is -0.650. The smallest absolute Gasteiger partial charge is 0.145 e. The minimum Gasteiger partial charge on any atom is -0.391 e. The van der Waals surface area contributed by atoms with Crippen molar-refractivity contribution in [3.63, 3.8) is 0 Å². The number of fused-ring (bicyclic) bond motifs is 1. The van der Waals surface area contributed by atoms with Crippen LogP contribution in [-0.4, -0.2) is 34.5 Å². The van der Waals surface area contributed by atoms with Gasteiger partial charge in [-0.2, -0.15) is 0 Å². The molecule has 0 saturated heterocycles. The van der Waals surface area contributed by atoms with Crippen molar-refractivity contribution in [3.05, 3.63) is 58.5 Å². The molecule has 2 aromatic rings. The quantitative estimate of drug-likeness (QED) is 0.269. The number of thiophene rings is 1. The summed E-state index contributed by atoms with van der Waals surface area (Å²) in [6, 6.07) is 7.89. The Morgan fingerprint density at radius 1 is 1.22 bits per heavy atom. The topological polar surface area (TPSA) is 74.6 Å². The lowest BCUT2D eigenvalue weighted by atomic mass is 9.86. The van der Waals surface area contributed by atoms with Crippen LogP contribution in [0.25, 0.3) is 10.1 Å². The molecule has 1 aromatic carbocycles. The molecule has 6 heteroatoms. The van der Waals surface area contributed by atoms with Crippen LogP contribution in [0.5, 0.6) is 0 Å². The molecule has 3 rings (SSSR count). The molecule has 1 aliphatic rings. The zero-order valence-corrected chi connectivity index (χ0v) is 20.1. The second-order valence-electron chi connectivity index (χ2n) is 9.01. The number of benzene rings is 1. The minimum atomic E-state index is -0.829. The number of carbonyl (C=O) groups is 2. The molecular weight excluding hydrogens is 444 g/mol. The summed E-state index contributed by atoms with van der Waals surface area (Å²) in [7, 11) is 0. The molecule has 172 valence electrons. The first-order chi connectivity index (χ1) is 15.3. The molecule has 1 saturated carbocycles. The predicted molar refractivity (Wildman–Crippen MR) is 131 cm³/mol. The molecule has 0 radical (unpaired) electrons. The fraction of sp³-hybridized carbons (Fsp3) is 0.462. The Balaban J connectivity index is 1.69. The van der Waals surface area contributed by atoms with E-state index in [1.807, 2.05) is 36.4 Å². The van der Waals surface area contributed by atoms with E-state index >= 15 is 0 Å². The Morgan fingerprint density at radius 2 is 1.97 bits per heavy atom. The monoisotopic (exact) mass is 474 g/mol. The molecule has 32 heavy (non-hydrogen) atoms. The first kappa shape index (κ1) is 24.8. The number of ketones is 1. The number of halogens is 1. The second kappa shape index (κ2) is 10.9. The van der Waals surface area contributed by atoms with Crippen molar-refractivity contribution in [2.45, 2.75) is 58.2 Å². The molecule has 4 nitrogen and oxygen atoms in total. The highest BCUT2D eigenvalue weighted by Crippen LogP contribution is 2.45. The van der Waals surface area contributed by atoms with Gasteiger partial charge in [0.05, 0.1) is 22.6 Å². The van der Waals surface area contributed by atoms with Gasteiger partial charge >= 0.3 is 0 Å². The second-order valence-corrected chi connectivity index (χ2v) is 10.5. The first-order valence-electron chi connectivity index (χ1n) is 11.1. The summed E-state index contributed by atoms with van der Waals surface area (Å²) in [6.45, 7) is 3.56. The van der Waals surface area contributed by atoms with Gasteiger partial charge in [0.2, 0.25) is 0 Å². The molecule has 1 aliphatic carbocycles. The van der Waals surface area contributed by atoms with Gasteiger partial charge in [-0.15, -0.1) is 11.3 Å². The van der Waals surface area contributed by atoms with Crippen LogP contribution in [0.2, 0.25) is 5.02 Å². The molecule has 1 heterocycles. The van der Waals surface area contributed by atoms with Gasteiger partial charge in [0.15, 0.2) is 0 Å². The van der Waals surface area contributed by atoms with Crippen molar-refractivity contribution < 1.29 is 19.8 Å². The maximum absolute atomic E-state index is 12.9. The third-order valence-corrected chi connectivity index (χ3v) is 8.08. The molecule has 1 fully saturated rings. The highest BCUT2D eigenvalue weighted by Gasteiger charge is 2.52. The Hall–Kier alpha value is -1.79. The largest absolute Gasteiger partial charge is 0.391 e. The van der Waals surface area contributed by atoms with Gasteiger partial charge in [-0.1, -0.05) is 68.0 Å². The number of rotatable bonds is 10. The van der Waals surface area contributed by atoms with Crippen molar-refractivity contribution >= 4 is 45.1 Å². The van der Waals surface area contributed by atoms with Crippen LogP contribution in [0, 0.1) is 17.3 Å². The maximum atomic E-state index is 12.9. The number of aliphatic hydroxyl groups is 2. The number of hydrogen-bond acceptors (Lipinski definition) is 5. The van der Waals surface area contributed by atoms with Crippen LogP contribution in [0.15, 0.2) is 48.6 Å². The van der Waals surface area contributed by atoms with Crippen LogP contribution in [0.4, 0.5) is 0 Å². The molecule has 4 atom stereocenters. The Labute approximate surface area is 198 Å². The Kier molecular flexibility index (Phi) is 8.45. The lowest BCUT2D eigenvalue weighted by Crippen LogP contribution is -2.31. The van der Waals surface area contributed by atoms with E-state index in [1.54, 1.807) is 37.3 Å². The molecule has 0 aliphatic heterocycles. The Bertz CT molecular complexity index is 1010. The van der Waals surface area contributed by atoms with E-state index in [0.717, 1.165) is 34.1 Å². The van der Waals surface area contributed by atoms with Gasteiger partial charge in [-0.05, 0) is 25.3 Å². The maximum Gasteiger partial charge on any atom is 0.145 e. The normalized spacial score (nSPS) is 24.2. The van der Waals surface area contributed by atoms with Crippen LogP contribution in [-0.2, 0) is 16.0 Å². The van der Waals surface area contributed by atoms with Gasteiger partial charge in [0.25, 0.3) is 0 Å². The lowest BCUT2D eigenvalue weighted by Gasteiger charge is -2.22. The van der Waals surface area contributed by atoms with E-state index in [4.69, 9.17) is 11.6 Å². The van der Waals surface area contributed by atoms with Crippen LogP contribution < -0.4 is 0 Å². The predicted octanol–water partition coefficient (Wildman–Crippen LogP) is 5.53. The average Bonchev–Trinajstić information content (AvgIpc) is 3.16. The number of carbonyl (C=O) groups excluding carboxylic acids is 2. The SMILES string of the molecule is CC1(C)C(=O)[C@H](C/C=C\CCCC=O)[C@@H](/C=C/C(O)Cc2sc3ccccc3c2Cl)[C@@H]1O. The third kappa shape index (κ3) is 5.40. The zero-order chi connectivity index (χ0) is 23.3. The highest BCUT2D eigenvalue weighted by molar-refractivity contribution is 7.19. The summed E-state index contributed by atoms with van der Waals surface area (Å²) in [5.41, 5.74) is -0.829. The average molecular weight is 475 g/mol. The number of allylic oxidation sites excluding steroid dienone is 2. The number of unbranched alkanes of at least 4 members (excludes halogenated alkanes) is 2. The summed E-state index contributed by atoms with van der Waals surface area (Å²) in [6.07, 6.45) is 9.83. The van der Waals surface area contributed by atoms with Crippen LogP contribution in [0.1, 0.15) is 44.4 Å². The van der Waals surface area contributed by atoms with Crippen LogP contribution >= 0.6 is 22.9 Å². The molecule has 0 spiro atoms. The fourth-order valence-electron chi connectivity index (χ4n) is 4.39. The van der Waals surface area contributed by atoms with Crippen molar-refractivity contribution in [1.82, 2.24) is 0 Å². The van der Waals surface area contributed by atoms with Gasteiger partial charge in [-0.25, -0.2) is 0 Å². The van der Waals surface area contributed by atoms with Crippen molar-refractivity contribution in [2.24, 2.45) is 17.3 Å².